The normalized spacial score (nSPS) is 20.7. The van der Waals surface area contributed by atoms with Gasteiger partial charge >= 0.3 is 0 Å². The second-order valence-corrected chi connectivity index (χ2v) is 6.16. The lowest BCUT2D eigenvalue weighted by molar-refractivity contribution is 0.547. The summed E-state index contributed by atoms with van der Waals surface area (Å²) in [6.45, 7) is 9.81. The Labute approximate surface area is 87.0 Å². The van der Waals surface area contributed by atoms with E-state index in [-0.39, 0.29) is 0 Å². The molecule has 1 aliphatic rings. The molecule has 0 aromatic carbocycles. The van der Waals surface area contributed by atoms with Gasteiger partial charge < -0.3 is 0 Å². The lowest BCUT2D eigenvalue weighted by atomic mass is 10.4. The van der Waals surface area contributed by atoms with Crippen molar-refractivity contribution in [3.05, 3.63) is 24.0 Å². The van der Waals surface area contributed by atoms with Crippen LogP contribution in [0.2, 0.25) is 0 Å². The third kappa shape index (κ3) is 3.45. The highest BCUT2D eigenvalue weighted by Crippen LogP contribution is 2.10. The summed E-state index contributed by atoms with van der Waals surface area (Å²) in [7, 11) is 0. The van der Waals surface area contributed by atoms with Crippen LogP contribution in [0.1, 0.15) is 6.42 Å². The summed E-state index contributed by atoms with van der Waals surface area (Å²) < 4.78 is 4.68. The number of nitrogens with zero attached hydrogens (tertiary/aromatic N) is 2. The lowest BCUT2D eigenvalue weighted by Crippen LogP contribution is -2.39. The summed E-state index contributed by atoms with van der Waals surface area (Å²) in [5.74, 6) is 0. The molecule has 0 amide bonds. The van der Waals surface area contributed by atoms with Crippen molar-refractivity contribution in [2.45, 2.75) is 6.42 Å². The molecule has 1 fully saturated rings. The van der Waals surface area contributed by atoms with Crippen LogP contribution in [0, 0.1) is 0 Å². The molecule has 68 valence electrons. The highest BCUT2D eigenvalue weighted by atomic mass is 32.3. The van der Waals surface area contributed by atoms with E-state index in [0.29, 0.717) is 0 Å². The second-order valence-electron chi connectivity index (χ2n) is 2.23. The van der Waals surface area contributed by atoms with Crippen molar-refractivity contribution in [1.29, 1.82) is 0 Å². The van der Waals surface area contributed by atoms with Gasteiger partial charge in [-0.2, -0.15) is 0 Å². The van der Waals surface area contributed by atoms with Gasteiger partial charge in [0.25, 0.3) is 0 Å². The number of rotatable bonds is 4. The zero-order chi connectivity index (χ0) is 8.81. The molecule has 12 heavy (non-hydrogen) atoms. The zero-order valence-corrected chi connectivity index (χ0v) is 9.61. The third-order valence-electron chi connectivity index (χ3n) is 1.35. The fourth-order valence-electron chi connectivity index (χ4n) is 0.912. The van der Waals surface area contributed by atoms with E-state index in [2.05, 4.69) is 20.6 Å². The van der Waals surface area contributed by atoms with Crippen LogP contribution in [0.5, 0.6) is 0 Å². The Morgan fingerprint density at radius 3 is 2.00 bits per heavy atom. The van der Waals surface area contributed by atoms with E-state index in [9.17, 15) is 0 Å². The number of hydrogen-bond acceptors (Lipinski definition) is 2. The van der Waals surface area contributed by atoms with Crippen molar-refractivity contribution in [3.63, 3.8) is 0 Å². The molecule has 0 radical (unpaired) electrons. The summed E-state index contributed by atoms with van der Waals surface area (Å²) in [5.41, 5.74) is 0. The average Bonchev–Trinajstić information content (AvgIpc) is 2.06. The Kier molecular flexibility index (Phi) is 5.25. The fraction of sp³-hybridized carbons (Fsp3) is 0.429. The van der Waals surface area contributed by atoms with Crippen molar-refractivity contribution in [2.75, 3.05) is 13.1 Å². The summed E-state index contributed by atoms with van der Waals surface area (Å²) >= 11 is 3.73. The minimum absolute atomic E-state index is 1.18. The maximum Gasteiger partial charge on any atom is 0.247 e. The van der Waals surface area contributed by atoms with Gasteiger partial charge in [-0.1, -0.05) is 0 Å². The molecule has 1 rings (SSSR count). The molecule has 0 unspecified atom stereocenters. The molecule has 1 aliphatic heterocycles. The molecule has 5 heteroatoms. The largest absolute Gasteiger partial charge is 0.247 e. The van der Waals surface area contributed by atoms with Crippen LogP contribution < -0.4 is 0 Å². The Balaban J connectivity index is 2.29. The van der Waals surface area contributed by atoms with Crippen LogP contribution in [-0.4, -0.2) is 20.5 Å². The van der Waals surface area contributed by atoms with Crippen LogP contribution in [0.25, 0.3) is 0 Å². The quantitative estimate of drug-likeness (QED) is 0.502. The SMILES string of the molecule is C=C[SH+]N1CCCN([SH+]C=C)[SH+]1. The molecule has 0 atom stereocenters. The van der Waals surface area contributed by atoms with Gasteiger partial charge in [0.1, 0.15) is 34.7 Å². The van der Waals surface area contributed by atoms with Gasteiger partial charge in [-0.15, -0.1) is 0 Å². The molecule has 0 N–H and O–H groups in total. The molecule has 0 aliphatic carbocycles. The van der Waals surface area contributed by atoms with Crippen molar-refractivity contribution < 1.29 is 0 Å². The van der Waals surface area contributed by atoms with E-state index in [0.717, 1.165) is 0 Å². The van der Waals surface area contributed by atoms with E-state index >= 15 is 0 Å². The summed E-state index contributed by atoms with van der Waals surface area (Å²) in [4.78, 5) is 0. The smallest absolute Gasteiger partial charge is 0.0491 e. The lowest BCUT2D eigenvalue weighted by Gasteiger charge is -2.12. The highest BCUT2D eigenvalue weighted by Gasteiger charge is 2.35. The Hall–Kier alpha value is 0.450. The standard InChI is InChI=1S/C7H12N2S3/c1-3-10-8-6-5-7-9(12-8)11-4-2/h3-4H,1-2,5-7H2/p+3. The molecule has 0 aromatic heterocycles. The van der Waals surface area contributed by atoms with Gasteiger partial charge in [0.05, 0.1) is 20.5 Å². The van der Waals surface area contributed by atoms with E-state index in [1.54, 1.807) is 0 Å². The van der Waals surface area contributed by atoms with Gasteiger partial charge in [0.15, 0.2) is 0 Å². The Morgan fingerprint density at radius 2 is 1.58 bits per heavy atom. The number of hydrogen-bond donors (Lipinski definition) is 0. The molecule has 2 nitrogen and oxygen atoms in total. The first-order valence-electron chi connectivity index (χ1n) is 3.77. The Bertz CT molecular complexity index is 147. The van der Waals surface area contributed by atoms with Gasteiger partial charge in [0.2, 0.25) is 12.1 Å². The van der Waals surface area contributed by atoms with Gasteiger partial charge in [-0.25, -0.2) is 0 Å². The highest BCUT2D eigenvalue weighted by molar-refractivity contribution is 7.98. The first-order chi connectivity index (χ1) is 5.86. The zero-order valence-electron chi connectivity index (χ0n) is 6.93. The summed E-state index contributed by atoms with van der Waals surface area (Å²) in [6, 6.07) is 0. The first-order valence-corrected chi connectivity index (χ1v) is 6.40. The van der Waals surface area contributed by atoms with E-state index < -0.39 is 0 Å². The van der Waals surface area contributed by atoms with Crippen molar-refractivity contribution >= 4 is 36.0 Å². The average molecular weight is 223 g/mol. The van der Waals surface area contributed by atoms with Crippen molar-refractivity contribution in [2.24, 2.45) is 0 Å². The molecule has 0 saturated carbocycles. The third-order valence-corrected chi connectivity index (χ3v) is 4.53. The topological polar surface area (TPSA) is 6.48 Å². The minimum Gasteiger partial charge on any atom is -0.0491 e. The molecular weight excluding hydrogens is 208 g/mol. The van der Waals surface area contributed by atoms with Crippen LogP contribution >= 0.6 is 0 Å². The molecule has 1 heterocycles. The van der Waals surface area contributed by atoms with E-state index in [1.807, 2.05) is 10.8 Å². The predicted octanol–water partition coefficient (Wildman–Crippen LogP) is 0.386. The predicted molar refractivity (Wildman–Crippen MR) is 64.7 cm³/mol. The molecular formula is C7H15N2S3+3. The molecule has 0 bridgehead atoms. The van der Waals surface area contributed by atoms with Gasteiger partial charge in [0, 0.05) is 0 Å². The Morgan fingerprint density at radius 1 is 1.08 bits per heavy atom. The second kappa shape index (κ2) is 5.99. The van der Waals surface area contributed by atoms with Gasteiger partial charge in [-0.05, 0) is 19.6 Å². The van der Waals surface area contributed by atoms with Crippen LogP contribution in [0.4, 0.5) is 0 Å². The van der Waals surface area contributed by atoms with Crippen molar-refractivity contribution in [3.8, 4) is 0 Å². The summed E-state index contributed by atoms with van der Waals surface area (Å²) in [6.07, 6.45) is 1.24. The van der Waals surface area contributed by atoms with E-state index in [1.165, 1.54) is 55.5 Å². The van der Waals surface area contributed by atoms with Crippen LogP contribution in [-0.2, 0) is 36.0 Å². The molecule has 0 aromatic rings. The van der Waals surface area contributed by atoms with Crippen molar-refractivity contribution in [1.82, 2.24) is 7.42 Å². The van der Waals surface area contributed by atoms with Crippen LogP contribution in [0.3, 0.4) is 0 Å². The van der Waals surface area contributed by atoms with Crippen LogP contribution in [0.15, 0.2) is 24.0 Å². The van der Waals surface area contributed by atoms with Gasteiger partial charge in [-0.3, -0.25) is 0 Å². The monoisotopic (exact) mass is 223 g/mol. The number of thiol groups is 3. The fourth-order valence-corrected chi connectivity index (χ4v) is 4.08. The first kappa shape index (κ1) is 10.5. The minimum atomic E-state index is 1.18. The summed E-state index contributed by atoms with van der Waals surface area (Å²) in [5, 5.41) is 3.86. The molecule has 1 saturated heterocycles. The maximum absolute atomic E-state index is 3.73. The maximum atomic E-state index is 3.73. The molecule has 0 spiro atoms. The van der Waals surface area contributed by atoms with E-state index in [4.69, 9.17) is 0 Å².